The van der Waals surface area contributed by atoms with Crippen molar-refractivity contribution >= 4 is 10.8 Å². The molecule has 0 fully saturated rings. The van der Waals surface area contributed by atoms with Gasteiger partial charge in [-0.3, -0.25) is 4.21 Å². The van der Waals surface area contributed by atoms with Crippen molar-refractivity contribution in [2.75, 3.05) is 0 Å². The Morgan fingerprint density at radius 2 is 1.90 bits per heavy atom. The maximum Gasteiger partial charge on any atom is 0.0812 e. The van der Waals surface area contributed by atoms with Gasteiger partial charge in [0.15, 0.2) is 0 Å². The zero-order valence-corrected chi connectivity index (χ0v) is 7.99. The zero-order chi connectivity index (χ0) is 8.36. The van der Waals surface area contributed by atoms with Gasteiger partial charge in [-0.25, -0.2) is 0 Å². The van der Waals surface area contributed by atoms with Gasteiger partial charge in [-0.2, -0.15) is 0 Å². The van der Waals surface area contributed by atoms with Gasteiger partial charge in [0.1, 0.15) is 0 Å². The molecule has 0 aromatic rings. The van der Waals surface area contributed by atoms with Gasteiger partial charge in [-0.15, -0.1) is 0 Å². The van der Waals surface area contributed by atoms with Crippen LogP contribution in [-0.2, 0) is 10.8 Å². The average Bonchev–Trinajstić information content (AvgIpc) is 1.83. The first-order chi connectivity index (χ1) is 4.39. The summed E-state index contributed by atoms with van der Waals surface area (Å²) in [5, 5.41) is -0.167. The summed E-state index contributed by atoms with van der Waals surface area (Å²) in [6.45, 7) is 7.78. The fourth-order valence-corrected chi connectivity index (χ4v) is 1.82. The Hall–Kier alpha value is 0.110. The van der Waals surface area contributed by atoms with E-state index >= 15 is 0 Å². The molecule has 0 radical (unpaired) electrons. The van der Waals surface area contributed by atoms with Gasteiger partial charge < -0.3 is 5.73 Å². The standard InChI is InChI=1S/C7H17NOS/c1-5-6(8)10(9)7(2,3)4/h6H,5,8H2,1-4H3. The van der Waals surface area contributed by atoms with Crippen LogP contribution in [0.25, 0.3) is 0 Å². The monoisotopic (exact) mass is 163 g/mol. The van der Waals surface area contributed by atoms with E-state index in [4.69, 9.17) is 5.73 Å². The molecule has 0 amide bonds. The molecule has 0 aromatic heterocycles. The highest BCUT2D eigenvalue weighted by Gasteiger charge is 2.23. The number of hydrogen-bond acceptors (Lipinski definition) is 2. The van der Waals surface area contributed by atoms with Crippen LogP contribution in [0.15, 0.2) is 0 Å². The van der Waals surface area contributed by atoms with Crippen molar-refractivity contribution in [2.45, 2.75) is 44.2 Å². The van der Waals surface area contributed by atoms with Crippen molar-refractivity contribution < 1.29 is 4.21 Å². The number of nitrogens with two attached hydrogens (primary N) is 1. The molecule has 0 aliphatic carbocycles. The maximum absolute atomic E-state index is 11.4. The molecule has 0 aliphatic heterocycles. The lowest BCUT2D eigenvalue weighted by Gasteiger charge is -2.21. The van der Waals surface area contributed by atoms with Crippen molar-refractivity contribution in [1.82, 2.24) is 0 Å². The Morgan fingerprint density at radius 1 is 1.50 bits per heavy atom. The Balaban J connectivity index is 4.09. The third-order valence-corrected chi connectivity index (χ3v) is 3.37. The summed E-state index contributed by atoms with van der Waals surface area (Å²) in [5.74, 6) is 0. The molecule has 0 spiro atoms. The average molecular weight is 163 g/mol. The van der Waals surface area contributed by atoms with Gasteiger partial charge in [-0.05, 0) is 27.2 Å². The van der Waals surface area contributed by atoms with E-state index in [2.05, 4.69) is 0 Å². The summed E-state index contributed by atoms with van der Waals surface area (Å²) in [5.41, 5.74) is 5.60. The Kier molecular flexibility index (Phi) is 3.52. The predicted molar refractivity (Wildman–Crippen MR) is 46.2 cm³/mol. The molecule has 10 heavy (non-hydrogen) atoms. The van der Waals surface area contributed by atoms with Crippen LogP contribution in [0.3, 0.4) is 0 Å². The second-order valence-electron chi connectivity index (χ2n) is 3.36. The molecule has 2 nitrogen and oxygen atoms in total. The molecular weight excluding hydrogens is 146 g/mol. The van der Waals surface area contributed by atoms with E-state index in [1.54, 1.807) is 0 Å². The summed E-state index contributed by atoms with van der Waals surface area (Å²) in [4.78, 5) is 0. The second-order valence-corrected chi connectivity index (χ2v) is 5.78. The molecule has 2 unspecified atom stereocenters. The number of hydrogen-bond donors (Lipinski definition) is 1. The molecule has 2 atom stereocenters. The first kappa shape index (κ1) is 10.1. The fraction of sp³-hybridized carbons (Fsp3) is 1.00. The van der Waals surface area contributed by atoms with Crippen molar-refractivity contribution in [2.24, 2.45) is 5.73 Å². The van der Waals surface area contributed by atoms with Crippen LogP contribution in [0.5, 0.6) is 0 Å². The minimum Gasteiger partial charge on any atom is -0.317 e. The van der Waals surface area contributed by atoms with Crippen LogP contribution in [0.4, 0.5) is 0 Å². The molecule has 0 aromatic carbocycles. The summed E-state index contributed by atoms with van der Waals surface area (Å²) in [6, 6.07) is 0. The van der Waals surface area contributed by atoms with Gasteiger partial charge in [0.25, 0.3) is 0 Å². The first-order valence-corrected chi connectivity index (χ1v) is 4.77. The lowest BCUT2D eigenvalue weighted by atomic mass is 10.3. The SMILES string of the molecule is CCC(N)S(=O)C(C)(C)C. The summed E-state index contributed by atoms with van der Waals surface area (Å²) in [6.07, 6.45) is 0.782. The summed E-state index contributed by atoms with van der Waals surface area (Å²) < 4.78 is 11.2. The topological polar surface area (TPSA) is 43.1 Å². The third kappa shape index (κ3) is 2.80. The van der Waals surface area contributed by atoms with Gasteiger partial charge in [-0.1, -0.05) is 6.92 Å². The lowest BCUT2D eigenvalue weighted by molar-refractivity contribution is 0.630. The maximum atomic E-state index is 11.4. The minimum absolute atomic E-state index is 0.167. The summed E-state index contributed by atoms with van der Waals surface area (Å²) >= 11 is 0. The molecule has 0 bridgehead atoms. The van der Waals surface area contributed by atoms with E-state index in [9.17, 15) is 4.21 Å². The third-order valence-electron chi connectivity index (χ3n) is 1.28. The van der Waals surface area contributed by atoms with Crippen LogP contribution in [0.2, 0.25) is 0 Å². The molecular formula is C7H17NOS. The van der Waals surface area contributed by atoms with Gasteiger partial charge in [0.05, 0.1) is 5.37 Å². The van der Waals surface area contributed by atoms with E-state index in [1.807, 2.05) is 27.7 Å². The Morgan fingerprint density at radius 3 is 2.00 bits per heavy atom. The molecule has 62 valence electrons. The molecule has 0 rings (SSSR count). The zero-order valence-electron chi connectivity index (χ0n) is 7.18. The van der Waals surface area contributed by atoms with E-state index in [0.29, 0.717) is 0 Å². The molecule has 0 heterocycles. The van der Waals surface area contributed by atoms with Gasteiger partial charge in [0, 0.05) is 15.5 Å². The van der Waals surface area contributed by atoms with Crippen LogP contribution in [0, 0.1) is 0 Å². The predicted octanol–water partition coefficient (Wildman–Crippen LogP) is 1.23. The van der Waals surface area contributed by atoms with Crippen molar-refractivity contribution in [3.05, 3.63) is 0 Å². The molecule has 2 N–H and O–H groups in total. The molecule has 0 saturated heterocycles. The summed E-state index contributed by atoms with van der Waals surface area (Å²) in [7, 11) is -0.904. The lowest BCUT2D eigenvalue weighted by Crippen LogP contribution is -2.36. The van der Waals surface area contributed by atoms with Crippen molar-refractivity contribution in [1.29, 1.82) is 0 Å². The Labute approximate surface area is 65.6 Å². The number of rotatable bonds is 2. The molecule has 0 saturated carbocycles. The van der Waals surface area contributed by atoms with Crippen LogP contribution in [0.1, 0.15) is 34.1 Å². The largest absolute Gasteiger partial charge is 0.317 e. The fourth-order valence-electron chi connectivity index (χ4n) is 0.605. The van der Waals surface area contributed by atoms with E-state index in [-0.39, 0.29) is 10.1 Å². The van der Waals surface area contributed by atoms with Gasteiger partial charge >= 0.3 is 0 Å². The highest BCUT2D eigenvalue weighted by Crippen LogP contribution is 2.14. The highest BCUT2D eigenvalue weighted by atomic mass is 32.2. The van der Waals surface area contributed by atoms with Crippen LogP contribution >= 0.6 is 0 Å². The van der Waals surface area contributed by atoms with E-state index < -0.39 is 10.8 Å². The normalized spacial score (nSPS) is 18.5. The smallest absolute Gasteiger partial charge is 0.0812 e. The second kappa shape index (κ2) is 3.49. The minimum atomic E-state index is -0.904. The van der Waals surface area contributed by atoms with Gasteiger partial charge in [0.2, 0.25) is 0 Å². The van der Waals surface area contributed by atoms with Crippen molar-refractivity contribution in [3.63, 3.8) is 0 Å². The van der Waals surface area contributed by atoms with E-state index in [0.717, 1.165) is 6.42 Å². The molecule has 0 aliphatic rings. The Bertz CT molecular complexity index is 128. The van der Waals surface area contributed by atoms with Crippen molar-refractivity contribution in [3.8, 4) is 0 Å². The van der Waals surface area contributed by atoms with E-state index in [1.165, 1.54) is 0 Å². The molecule has 3 heteroatoms. The van der Waals surface area contributed by atoms with Crippen LogP contribution < -0.4 is 5.73 Å². The highest BCUT2D eigenvalue weighted by molar-refractivity contribution is 7.86. The first-order valence-electron chi connectivity index (χ1n) is 3.56. The van der Waals surface area contributed by atoms with Crippen LogP contribution in [-0.4, -0.2) is 14.3 Å². The quantitative estimate of drug-likeness (QED) is 0.665.